The molecular weight excluding hydrogens is 246 g/mol. The second-order valence-electron chi connectivity index (χ2n) is 4.99. The number of aryl methyl sites for hydroxylation is 2. The Kier molecular flexibility index (Phi) is 3.15. The van der Waals surface area contributed by atoms with Crippen molar-refractivity contribution in [3.8, 4) is 0 Å². The number of hydrogen-bond donors (Lipinski definition) is 0. The number of aromatic nitrogens is 1. The van der Waals surface area contributed by atoms with Crippen molar-refractivity contribution in [1.29, 1.82) is 0 Å². The van der Waals surface area contributed by atoms with Crippen LogP contribution in [0.25, 0.3) is 10.9 Å². The summed E-state index contributed by atoms with van der Waals surface area (Å²) < 4.78 is 2.13. The van der Waals surface area contributed by atoms with Gasteiger partial charge in [0, 0.05) is 34.8 Å². The van der Waals surface area contributed by atoms with Gasteiger partial charge in [-0.3, -0.25) is 4.79 Å². The van der Waals surface area contributed by atoms with E-state index in [1.54, 1.807) is 0 Å². The van der Waals surface area contributed by atoms with Crippen LogP contribution in [-0.2, 0) is 6.54 Å². The smallest absolute Gasteiger partial charge is 0.195 e. The molecule has 0 spiro atoms. The normalized spacial score (nSPS) is 10.9. The molecule has 0 unspecified atom stereocenters. The van der Waals surface area contributed by atoms with Gasteiger partial charge in [-0.25, -0.2) is 0 Å². The summed E-state index contributed by atoms with van der Waals surface area (Å²) in [5, 5.41) is 1.03. The molecule has 3 rings (SSSR count). The summed E-state index contributed by atoms with van der Waals surface area (Å²) in [6.07, 6.45) is 1.97. The molecule has 3 aromatic rings. The van der Waals surface area contributed by atoms with Gasteiger partial charge >= 0.3 is 0 Å². The highest BCUT2D eigenvalue weighted by molar-refractivity contribution is 6.17. The van der Waals surface area contributed by atoms with Gasteiger partial charge in [-0.15, -0.1) is 0 Å². The van der Waals surface area contributed by atoms with E-state index < -0.39 is 0 Å². The molecule has 0 atom stereocenters. The van der Waals surface area contributed by atoms with Gasteiger partial charge in [-0.2, -0.15) is 0 Å². The first-order valence-electron chi connectivity index (χ1n) is 6.90. The molecule has 0 aliphatic rings. The van der Waals surface area contributed by atoms with Gasteiger partial charge in [0.05, 0.1) is 0 Å². The van der Waals surface area contributed by atoms with Gasteiger partial charge in [0.25, 0.3) is 0 Å². The zero-order valence-electron chi connectivity index (χ0n) is 11.8. The summed E-state index contributed by atoms with van der Waals surface area (Å²) in [5.41, 5.74) is 3.71. The lowest BCUT2D eigenvalue weighted by Gasteiger charge is -2.03. The van der Waals surface area contributed by atoms with Crippen LogP contribution < -0.4 is 0 Å². The third-order valence-corrected chi connectivity index (χ3v) is 3.76. The van der Waals surface area contributed by atoms with Crippen molar-refractivity contribution in [2.75, 3.05) is 0 Å². The molecule has 0 radical (unpaired) electrons. The Bertz CT molecular complexity index is 783. The molecule has 2 heteroatoms. The zero-order chi connectivity index (χ0) is 14.1. The second kappa shape index (κ2) is 4.97. The van der Waals surface area contributed by atoms with E-state index in [0.29, 0.717) is 0 Å². The molecule has 1 heterocycles. The Labute approximate surface area is 118 Å². The van der Waals surface area contributed by atoms with Crippen LogP contribution in [0.4, 0.5) is 0 Å². The average Bonchev–Trinajstić information content (AvgIpc) is 2.86. The number of para-hydroxylation sites is 1. The quantitative estimate of drug-likeness (QED) is 0.649. The van der Waals surface area contributed by atoms with Crippen molar-refractivity contribution in [3.63, 3.8) is 0 Å². The summed E-state index contributed by atoms with van der Waals surface area (Å²) in [6, 6.07) is 15.8. The molecule has 0 bridgehead atoms. The van der Waals surface area contributed by atoms with Crippen molar-refractivity contribution in [2.24, 2.45) is 0 Å². The maximum atomic E-state index is 12.8. The third-order valence-electron chi connectivity index (χ3n) is 3.76. The highest BCUT2D eigenvalue weighted by atomic mass is 16.1. The van der Waals surface area contributed by atoms with Gasteiger partial charge < -0.3 is 4.57 Å². The monoisotopic (exact) mass is 263 g/mol. The summed E-state index contributed by atoms with van der Waals surface area (Å²) in [7, 11) is 0. The molecule has 0 N–H and O–H groups in total. The van der Waals surface area contributed by atoms with Crippen LogP contribution in [0.1, 0.15) is 28.4 Å². The number of rotatable bonds is 3. The first-order chi connectivity index (χ1) is 9.72. The maximum absolute atomic E-state index is 12.8. The van der Waals surface area contributed by atoms with Crippen LogP contribution in [0.2, 0.25) is 0 Å². The molecule has 0 saturated carbocycles. The number of hydrogen-bond acceptors (Lipinski definition) is 1. The maximum Gasteiger partial charge on any atom is 0.195 e. The van der Waals surface area contributed by atoms with Crippen LogP contribution in [0.5, 0.6) is 0 Å². The number of carbonyl (C=O) groups is 1. The standard InChI is InChI=1S/C18H17NO/c1-3-19-12-16(15-10-6-7-11-17(15)19)18(20)14-9-5-4-8-13(14)2/h4-12H,3H2,1-2H3. The van der Waals surface area contributed by atoms with E-state index in [0.717, 1.165) is 34.1 Å². The van der Waals surface area contributed by atoms with E-state index in [2.05, 4.69) is 17.6 Å². The Balaban J connectivity index is 2.20. The second-order valence-corrected chi connectivity index (χ2v) is 4.99. The largest absolute Gasteiger partial charge is 0.347 e. The molecule has 2 nitrogen and oxygen atoms in total. The van der Waals surface area contributed by atoms with E-state index >= 15 is 0 Å². The number of ketones is 1. The van der Waals surface area contributed by atoms with Crippen LogP contribution in [0, 0.1) is 6.92 Å². The first-order valence-corrected chi connectivity index (χ1v) is 6.90. The molecule has 0 fully saturated rings. The third kappa shape index (κ3) is 1.94. The zero-order valence-corrected chi connectivity index (χ0v) is 11.8. The van der Waals surface area contributed by atoms with E-state index in [1.165, 1.54) is 0 Å². The molecular formula is C18H17NO. The van der Waals surface area contributed by atoms with Crippen LogP contribution >= 0.6 is 0 Å². The van der Waals surface area contributed by atoms with Crippen molar-refractivity contribution in [3.05, 3.63) is 71.4 Å². The van der Waals surface area contributed by atoms with E-state index in [1.807, 2.05) is 55.6 Å². The number of carbonyl (C=O) groups excluding carboxylic acids is 1. The fourth-order valence-electron chi connectivity index (χ4n) is 2.66. The van der Waals surface area contributed by atoms with Crippen molar-refractivity contribution in [1.82, 2.24) is 4.57 Å². The van der Waals surface area contributed by atoms with Crippen LogP contribution in [0.15, 0.2) is 54.7 Å². The van der Waals surface area contributed by atoms with Gasteiger partial charge in [-0.05, 0) is 25.5 Å². The van der Waals surface area contributed by atoms with Gasteiger partial charge in [0.2, 0.25) is 0 Å². The fraction of sp³-hybridized carbons (Fsp3) is 0.167. The van der Waals surface area contributed by atoms with Gasteiger partial charge in [-0.1, -0.05) is 42.5 Å². The van der Waals surface area contributed by atoms with Gasteiger partial charge in [0.15, 0.2) is 5.78 Å². The molecule has 0 aliphatic carbocycles. The predicted molar refractivity (Wildman–Crippen MR) is 82.2 cm³/mol. The molecule has 1 aromatic heterocycles. The summed E-state index contributed by atoms with van der Waals surface area (Å²) in [4.78, 5) is 12.8. The molecule has 20 heavy (non-hydrogen) atoms. The highest BCUT2D eigenvalue weighted by Gasteiger charge is 2.17. The lowest BCUT2D eigenvalue weighted by molar-refractivity contribution is 0.103. The molecule has 0 amide bonds. The van der Waals surface area contributed by atoms with Crippen LogP contribution in [0.3, 0.4) is 0 Å². The van der Waals surface area contributed by atoms with Crippen molar-refractivity contribution in [2.45, 2.75) is 20.4 Å². The molecule has 2 aromatic carbocycles. The van der Waals surface area contributed by atoms with Crippen molar-refractivity contribution < 1.29 is 4.79 Å². The topological polar surface area (TPSA) is 22.0 Å². The first kappa shape index (κ1) is 12.7. The number of nitrogens with zero attached hydrogens (tertiary/aromatic N) is 1. The average molecular weight is 263 g/mol. The Morgan fingerprint density at radius 1 is 1.00 bits per heavy atom. The molecule has 100 valence electrons. The SMILES string of the molecule is CCn1cc(C(=O)c2ccccc2C)c2ccccc21. The minimum atomic E-state index is 0.103. The number of benzene rings is 2. The van der Waals surface area contributed by atoms with Gasteiger partial charge in [0.1, 0.15) is 0 Å². The Morgan fingerprint density at radius 2 is 1.70 bits per heavy atom. The summed E-state index contributed by atoms with van der Waals surface area (Å²) >= 11 is 0. The van der Waals surface area contributed by atoms with Crippen LogP contribution in [-0.4, -0.2) is 10.4 Å². The lowest BCUT2D eigenvalue weighted by Crippen LogP contribution is -2.03. The minimum Gasteiger partial charge on any atom is -0.347 e. The number of fused-ring (bicyclic) bond motifs is 1. The molecule has 0 saturated heterocycles. The Hall–Kier alpha value is -2.35. The summed E-state index contributed by atoms with van der Waals surface area (Å²) in [6.45, 7) is 4.93. The van der Waals surface area contributed by atoms with E-state index in [-0.39, 0.29) is 5.78 Å². The fourth-order valence-corrected chi connectivity index (χ4v) is 2.66. The summed E-state index contributed by atoms with van der Waals surface area (Å²) in [5.74, 6) is 0.103. The predicted octanol–water partition coefficient (Wildman–Crippen LogP) is 4.20. The molecule has 0 aliphatic heterocycles. The lowest BCUT2D eigenvalue weighted by atomic mass is 9.99. The van der Waals surface area contributed by atoms with E-state index in [9.17, 15) is 4.79 Å². The Morgan fingerprint density at radius 3 is 2.45 bits per heavy atom. The highest BCUT2D eigenvalue weighted by Crippen LogP contribution is 2.24. The van der Waals surface area contributed by atoms with E-state index in [4.69, 9.17) is 0 Å². The van der Waals surface area contributed by atoms with Crippen molar-refractivity contribution >= 4 is 16.7 Å². The minimum absolute atomic E-state index is 0.103.